The Kier molecular flexibility index (Phi) is 3.13. The fourth-order valence-electron chi connectivity index (χ4n) is 1.45. The lowest BCUT2D eigenvalue weighted by atomic mass is 10.4. The molecule has 1 aromatic rings. The van der Waals surface area contributed by atoms with E-state index in [-0.39, 0.29) is 11.5 Å². The van der Waals surface area contributed by atoms with Crippen LogP contribution in [0.3, 0.4) is 0 Å². The maximum absolute atomic E-state index is 11.8. The molecule has 2 heterocycles. The third-order valence-corrected chi connectivity index (χ3v) is 4.98. The molecule has 1 aliphatic heterocycles. The standard InChI is InChI=1S/C9H9NO6S2/c11-5-8-1-2-9(16-8)18(14,15)10-7-3-4-17(12,13)6-7/h1-5,7,10H,6H2. The Morgan fingerprint density at radius 2 is 2.11 bits per heavy atom. The van der Waals surface area contributed by atoms with E-state index in [1.807, 2.05) is 0 Å². The zero-order valence-electron chi connectivity index (χ0n) is 8.94. The van der Waals surface area contributed by atoms with Crippen molar-refractivity contribution in [2.24, 2.45) is 0 Å². The Hall–Kier alpha value is -1.45. The average molecular weight is 291 g/mol. The van der Waals surface area contributed by atoms with Gasteiger partial charge in [-0.2, -0.15) is 0 Å². The molecule has 18 heavy (non-hydrogen) atoms. The third-order valence-electron chi connectivity index (χ3n) is 2.22. The van der Waals surface area contributed by atoms with Gasteiger partial charge in [-0.1, -0.05) is 6.08 Å². The highest BCUT2D eigenvalue weighted by Gasteiger charge is 2.28. The predicted molar refractivity (Wildman–Crippen MR) is 61.1 cm³/mol. The fourth-order valence-corrected chi connectivity index (χ4v) is 3.92. The third kappa shape index (κ3) is 2.68. The second-order valence-corrected chi connectivity index (χ2v) is 7.24. The molecule has 0 fully saturated rings. The number of furan rings is 1. The van der Waals surface area contributed by atoms with Crippen LogP contribution in [0.4, 0.5) is 0 Å². The van der Waals surface area contributed by atoms with Gasteiger partial charge in [0, 0.05) is 5.41 Å². The van der Waals surface area contributed by atoms with Crippen molar-refractivity contribution >= 4 is 26.1 Å². The summed E-state index contributed by atoms with van der Waals surface area (Å²) in [7, 11) is -7.32. The monoisotopic (exact) mass is 291 g/mol. The van der Waals surface area contributed by atoms with Crippen LogP contribution < -0.4 is 4.72 Å². The Bertz CT molecular complexity index is 697. The second-order valence-electron chi connectivity index (χ2n) is 3.66. The van der Waals surface area contributed by atoms with Gasteiger partial charge in [0.25, 0.3) is 10.0 Å². The van der Waals surface area contributed by atoms with E-state index in [0.717, 1.165) is 11.5 Å². The highest BCUT2D eigenvalue weighted by atomic mass is 32.2. The lowest BCUT2D eigenvalue weighted by Crippen LogP contribution is -2.35. The molecule has 98 valence electrons. The van der Waals surface area contributed by atoms with Crippen molar-refractivity contribution in [2.75, 3.05) is 5.75 Å². The number of carbonyl (C=O) groups is 1. The second kappa shape index (κ2) is 4.34. The first-order valence-electron chi connectivity index (χ1n) is 4.81. The van der Waals surface area contributed by atoms with Gasteiger partial charge in [-0.25, -0.2) is 21.6 Å². The molecule has 1 N–H and O–H groups in total. The van der Waals surface area contributed by atoms with E-state index in [4.69, 9.17) is 4.42 Å². The van der Waals surface area contributed by atoms with Gasteiger partial charge >= 0.3 is 0 Å². The SMILES string of the molecule is O=Cc1ccc(S(=O)(=O)NC2C=CS(=O)(=O)C2)o1. The number of hydrogen-bond acceptors (Lipinski definition) is 6. The average Bonchev–Trinajstić information content (AvgIpc) is 2.84. The summed E-state index contributed by atoms with van der Waals surface area (Å²) < 4.78 is 52.7. The number of aldehydes is 1. The largest absolute Gasteiger partial charge is 0.440 e. The summed E-state index contributed by atoms with van der Waals surface area (Å²) in [6.07, 6.45) is 1.62. The summed E-state index contributed by atoms with van der Waals surface area (Å²) in [4.78, 5) is 10.4. The smallest absolute Gasteiger partial charge is 0.274 e. The van der Waals surface area contributed by atoms with Gasteiger partial charge in [0.15, 0.2) is 21.9 Å². The Morgan fingerprint density at radius 1 is 1.39 bits per heavy atom. The van der Waals surface area contributed by atoms with Crippen LogP contribution in [0.25, 0.3) is 0 Å². The Labute approximate surface area is 103 Å². The maximum Gasteiger partial charge on any atom is 0.274 e. The fraction of sp³-hybridized carbons (Fsp3) is 0.222. The van der Waals surface area contributed by atoms with E-state index in [2.05, 4.69) is 4.72 Å². The van der Waals surface area contributed by atoms with Gasteiger partial charge in [0.2, 0.25) is 5.09 Å². The molecule has 0 spiro atoms. The minimum atomic E-state index is -3.97. The number of nitrogens with one attached hydrogen (secondary N) is 1. The predicted octanol–water partition coefficient (Wildman–Crippen LogP) is -0.319. The highest BCUT2D eigenvalue weighted by Crippen LogP contribution is 2.15. The van der Waals surface area contributed by atoms with Crippen molar-refractivity contribution in [2.45, 2.75) is 11.1 Å². The molecule has 9 heteroatoms. The van der Waals surface area contributed by atoms with E-state index in [1.54, 1.807) is 0 Å². The zero-order chi connectivity index (χ0) is 13.4. The van der Waals surface area contributed by atoms with Crippen molar-refractivity contribution in [1.82, 2.24) is 4.72 Å². The molecule has 0 saturated carbocycles. The summed E-state index contributed by atoms with van der Waals surface area (Å²) in [5, 5.41) is 0.529. The topological polar surface area (TPSA) is 111 Å². The Morgan fingerprint density at radius 3 is 2.61 bits per heavy atom. The van der Waals surface area contributed by atoms with Crippen molar-refractivity contribution in [1.29, 1.82) is 0 Å². The molecule has 7 nitrogen and oxygen atoms in total. The van der Waals surface area contributed by atoms with Crippen LogP contribution in [0.2, 0.25) is 0 Å². The number of carbonyl (C=O) groups excluding carboxylic acids is 1. The summed E-state index contributed by atoms with van der Waals surface area (Å²) in [6.45, 7) is 0. The molecule has 0 saturated heterocycles. The molecule has 0 aromatic carbocycles. The van der Waals surface area contributed by atoms with Gasteiger partial charge in [-0.15, -0.1) is 0 Å². The molecule has 0 aliphatic carbocycles. The summed E-state index contributed by atoms with van der Waals surface area (Å²) in [5.74, 6) is -0.446. The van der Waals surface area contributed by atoms with Crippen LogP contribution in [0.15, 0.2) is 33.1 Å². The van der Waals surface area contributed by atoms with Gasteiger partial charge < -0.3 is 4.42 Å². The van der Waals surface area contributed by atoms with E-state index in [1.165, 1.54) is 12.1 Å². The lowest BCUT2D eigenvalue weighted by Gasteiger charge is -2.08. The van der Waals surface area contributed by atoms with Crippen LogP contribution in [0.5, 0.6) is 0 Å². The highest BCUT2D eigenvalue weighted by molar-refractivity contribution is 7.94. The molecule has 2 rings (SSSR count). The van der Waals surface area contributed by atoms with Gasteiger partial charge in [0.05, 0.1) is 11.8 Å². The van der Waals surface area contributed by atoms with Crippen LogP contribution in [-0.4, -0.2) is 34.9 Å². The van der Waals surface area contributed by atoms with Crippen molar-refractivity contribution in [3.8, 4) is 0 Å². The van der Waals surface area contributed by atoms with E-state index in [0.29, 0.717) is 6.29 Å². The summed E-state index contributed by atoms with van der Waals surface area (Å²) in [5.41, 5.74) is 0. The quantitative estimate of drug-likeness (QED) is 0.761. The zero-order valence-corrected chi connectivity index (χ0v) is 10.6. The van der Waals surface area contributed by atoms with Crippen LogP contribution >= 0.6 is 0 Å². The number of rotatable bonds is 4. The molecule has 1 aliphatic rings. The van der Waals surface area contributed by atoms with Crippen LogP contribution in [0.1, 0.15) is 10.6 Å². The molecular formula is C9H9NO6S2. The minimum Gasteiger partial charge on any atom is -0.440 e. The van der Waals surface area contributed by atoms with Crippen molar-refractivity contribution in [3.63, 3.8) is 0 Å². The first-order valence-corrected chi connectivity index (χ1v) is 8.00. The van der Waals surface area contributed by atoms with Gasteiger partial charge in [0.1, 0.15) is 0 Å². The molecule has 0 amide bonds. The normalized spacial score (nSPS) is 22.1. The molecular weight excluding hydrogens is 282 g/mol. The molecule has 1 unspecified atom stereocenters. The molecule has 0 radical (unpaired) electrons. The van der Waals surface area contributed by atoms with E-state index >= 15 is 0 Å². The molecule has 1 aromatic heterocycles. The lowest BCUT2D eigenvalue weighted by molar-refractivity contribution is 0.109. The first-order chi connectivity index (χ1) is 8.32. The molecule has 1 atom stereocenters. The number of sulfonamides is 1. The van der Waals surface area contributed by atoms with Crippen LogP contribution in [-0.2, 0) is 19.9 Å². The minimum absolute atomic E-state index is 0.120. The van der Waals surface area contributed by atoms with E-state index in [9.17, 15) is 21.6 Å². The van der Waals surface area contributed by atoms with Crippen molar-refractivity contribution < 1.29 is 26.0 Å². The van der Waals surface area contributed by atoms with Crippen LogP contribution in [0, 0.1) is 0 Å². The Balaban J connectivity index is 2.18. The maximum atomic E-state index is 11.8. The summed E-state index contributed by atoms with van der Waals surface area (Å²) in [6, 6.07) is 1.51. The van der Waals surface area contributed by atoms with E-state index < -0.39 is 31.0 Å². The summed E-state index contributed by atoms with van der Waals surface area (Å²) >= 11 is 0. The van der Waals surface area contributed by atoms with Gasteiger partial charge in [-0.05, 0) is 12.1 Å². The van der Waals surface area contributed by atoms with Crippen molar-refractivity contribution in [3.05, 3.63) is 29.4 Å². The molecule has 0 bridgehead atoms. The number of sulfone groups is 1. The first kappa shape index (κ1) is 13.0. The number of hydrogen-bond donors (Lipinski definition) is 1. The van der Waals surface area contributed by atoms with Gasteiger partial charge in [-0.3, -0.25) is 4.79 Å².